The molecule has 0 atom stereocenters. The molecule has 7 nitrogen and oxygen atoms in total. The number of guanidine groups is 1. The Bertz CT molecular complexity index is 728. The van der Waals surface area contributed by atoms with Crippen LogP contribution in [0.2, 0.25) is 0 Å². The van der Waals surface area contributed by atoms with E-state index < -0.39 is 0 Å². The molecule has 0 spiro atoms. The number of aromatic nitrogens is 2. The first-order valence-corrected chi connectivity index (χ1v) is 8.44. The molecule has 2 rings (SSSR count). The minimum atomic E-state index is -0.0673. The standard InChI is InChI=1S/C18H26N6O.HI/c1-4-19-18(22-13-16-8-9-23-24(16)3)21-11-10-20-17(25)15-7-5-6-14(2)12-15;/h5-9,12H,4,10-11,13H2,1-3H3,(H,20,25)(H2,19,21,22);1H. The number of nitrogens with zero attached hydrogens (tertiary/aromatic N) is 3. The fraction of sp³-hybridized carbons (Fsp3) is 0.389. The van der Waals surface area contributed by atoms with Gasteiger partial charge in [0.1, 0.15) is 0 Å². The largest absolute Gasteiger partial charge is 0.357 e. The summed E-state index contributed by atoms with van der Waals surface area (Å²) in [5, 5.41) is 13.4. The molecule has 0 bridgehead atoms. The molecule has 142 valence electrons. The molecule has 2 aromatic rings. The molecular formula is C18H27IN6O. The van der Waals surface area contributed by atoms with Gasteiger partial charge < -0.3 is 16.0 Å². The Morgan fingerprint density at radius 2 is 1.96 bits per heavy atom. The first kappa shape index (κ1) is 21.9. The fourth-order valence-corrected chi connectivity index (χ4v) is 2.30. The van der Waals surface area contributed by atoms with Crippen molar-refractivity contribution in [2.24, 2.45) is 12.0 Å². The lowest BCUT2D eigenvalue weighted by atomic mass is 10.1. The Hall–Kier alpha value is -2.10. The second-order valence-electron chi connectivity index (χ2n) is 5.69. The summed E-state index contributed by atoms with van der Waals surface area (Å²) < 4.78 is 1.80. The van der Waals surface area contributed by atoms with Crippen molar-refractivity contribution in [1.82, 2.24) is 25.7 Å². The van der Waals surface area contributed by atoms with Crippen molar-refractivity contribution in [2.75, 3.05) is 19.6 Å². The molecule has 1 aromatic heterocycles. The van der Waals surface area contributed by atoms with E-state index in [9.17, 15) is 4.79 Å². The summed E-state index contributed by atoms with van der Waals surface area (Å²) in [5.74, 6) is 0.649. The van der Waals surface area contributed by atoms with Crippen LogP contribution < -0.4 is 16.0 Å². The lowest BCUT2D eigenvalue weighted by Gasteiger charge is -2.12. The van der Waals surface area contributed by atoms with E-state index in [1.165, 1.54) is 0 Å². The summed E-state index contributed by atoms with van der Waals surface area (Å²) in [4.78, 5) is 16.6. The third-order valence-electron chi connectivity index (χ3n) is 3.65. The number of hydrogen-bond acceptors (Lipinski definition) is 3. The average Bonchev–Trinajstić information content (AvgIpc) is 3.01. The number of carbonyl (C=O) groups is 1. The smallest absolute Gasteiger partial charge is 0.251 e. The van der Waals surface area contributed by atoms with E-state index in [2.05, 4.69) is 26.0 Å². The highest BCUT2D eigenvalue weighted by Gasteiger charge is 2.05. The fourth-order valence-electron chi connectivity index (χ4n) is 2.30. The maximum Gasteiger partial charge on any atom is 0.251 e. The summed E-state index contributed by atoms with van der Waals surface area (Å²) in [6, 6.07) is 9.49. The van der Waals surface area contributed by atoms with Crippen molar-refractivity contribution in [3.63, 3.8) is 0 Å². The Morgan fingerprint density at radius 1 is 1.19 bits per heavy atom. The molecule has 0 unspecified atom stereocenters. The first-order chi connectivity index (χ1) is 12.1. The zero-order valence-electron chi connectivity index (χ0n) is 15.5. The third kappa shape index (κ3) is 7.03. The minimum absolute atomic E-state index is 0. The summed E-state index contributed by atoms with van der Waals surface area (Å²) in [7, 11) is 1.89. The maximum atomic E-state index is 12.1. The molecular weight excluding hydrogens is 443 g/mol. The van der Waals surface area contributed by atoms with Crippen LogP contribution in [0.25, 0.3) is 0 Å². The second kappa shape index (κ2) is 11.5. The Balaban J connectivity index is 0.00000338. The van der Waals surface area contributed by atoms with Crippen LogP contribution in [0.5, 0.6) is 0 Å². The maximum absolute atomic E-state index is 12.1. The molecule has 0 aliphatic carbocycles. The molecule has 1 amide bonds. The number of aliphatic imine (C=N–C) groups is 1. The molecule has 0 fully saturated rings. The number of aryl methyl sites for hydroxylation is 2. The van der Waals surface area contributed by atoms with Gasteiger partial charge in [0.25, 0.3) is 5.91 Å². The Labute approximate surface area is 171 Å². The number of nitrogens with one attached hydrogen (secondary N) is 3. The molecule has 1 aromatic carbocycles. The molecule has 8 heteroatoms. The van der Waals surface area contributed by atoms with Gasteiger partial charge in [-0.1, -0.05) is 17.7 Å². The van der Waals surface area contributed by atoms with Crippen LogP contribution in [-0.4, -0.2) is 41.3 Å². The van der Waals surface area contributed by atoms with Gasteiger partial charge in [0, 0.05) is 38.4 Å². The van der Waals surface area contributed by atoms with Crippen LogP contribution in [0, 0.1) is 6.92 Å². The SMILES string of the molecule is CCNC(=NCc1ccnn1C)NCCNC(=O)c1cccc(C)c1.I. The number of amides is 1. The highest BCUT2D eigenvalue weighted by Crippen LogP contribution is 2.03. The number of rotatable bonds is 7. The highest BCUT2D eigenvalue weighted by atomic mass is 127. The van der Waals surface area contributed by atoms with Gasteiger partial charge in [0.05, 0.1) is 12.2 Å². The zero-order valence-corrected chi connectivity index (χ0v) is 17.8. The van der Waals surface area contributed by atoms with Gasteiger partial charge >= 0.3 is 0 Å². The van der Waals surface area contributed by atoms with Crippen LogP contribution in [-0.2, 0) is 13.6 Å². The minimum Gasteiger partial charge on any atom is -0.357 e. The zero-order chi connectivity index (χ0) is 18.1. The molecule has 0 aliphatic heterocycles. The lowest BCUT2D eigenvalue weighted by molar-refractivity contribution is 0.0954. The summed E-state index contributed by atoms with van der Waals surface area (Å²) >= 11 is 0. The second-order valence-corrected chi connectivity index (χ2v) is 5.69. The van der Waals surface area contributed by atoms with Crippen LogP contribution in [0.3, 0.4) is 0 Å². The number of carbonyl (C=O) groups excluding carboxylic acids is 1. The molecule has 1 heterocycles. The van der Waals surface area contributed by atoms with Crippen molar-refractivity contribution in [3.8, 4) is 0 Å². The normalized spacial score (nSPS) is 10.8. The van der Waals surface area contributed by atoms with Gasteiger partial charge in [0.15, 0.2) is 5.96 Å². The average molecular weight is 470 g/mol. The van der Waals surface area contributed by atoms with Gasteiger partial charge in [-0.25, -0.2) is 4.99 Å². The van der Waals surface area contributed by atoms with Crippen molar-refractivity contribution in [1.29, 1.82) is 0 Å². The van der Waals surface area contributed by atoms with Gasteiger partial charge in [-0.05, 0) is 32.0 Å². The molecule has 0 aliphatic rings. The topological polar surface area (TPSA) is 83.3 Å². The van der Waals surface area contributed by atoms with Gasteiger partial charge in [-0.2, -0.15) is 5.10 Å². The van der Waals surface area contributed by atoms with Crippen molar-refractivity contribution >= 4 is 35.8 Å². The molecule has 0 radical (unpaired) electrons. The Kier molecular flexibility index (Phi) is 9.71. The van der Waals surface area contributed by atoms with E-state index >= 15 is 0 Å². The quantitative estimate of drug-likeness (QED) is 0.250. The van der Waals surface area contributed by atoms with Crippen LogP contribution >= 0.6 is 24.0 Å². The van der Waals surface area contributed by atoms with Crippen molar-refractivity contribution in [2.45, 2.75) is 20.4 Å². The van der Waals surface area contributed by atoms with Crippen LogP contribution in [0.4, 0.5) is 0 Å². The molecule has 0 saturated heterocycles. The van der Waals surface area contributed by atoms with E-state index in [4.69, 9.17) is 0 Å². The predicted octanol–water partition coefficient (Wildman–Crippen LogP) is 1.83. The number of halogens is 1. The van der Waals surface area contributed by atoms with Gasteiger partial charge in [-0.15, -0.1) is 24.0 Å². The van der Waals surface area contributed by atoms with E-state index in [1.807, 2.05) is 51.2 Å². The molecule has 0 saturated carbocycles. The highest BCUT2D eigenvalue weighted by molar-refractivity contribution is 14.0. The van der Waals surface area contributed by atoms with E-state index in [-0.39, 0.29) is 29.9 Å². The monoisotopic (exact) mass is 470 g/mol. The van der Waals surface area contributed by atoms with E-state index in [0.29, 0.717) is 31.2 Å². The molecule has 3 N–H and O–H groups in total. The van der Waals surface area contributed by atoms with Gasteiger partial charge in [-0.3, -0.25) is 9.48 Å². The summed E-state index contributed by atoms with van der Waals surface area (Å²) in [6.07, 6.45) is 1.76. The predicted molar refractivity (Wildman–Crippen MR) is 115 cm³/mol. The van der Waals surface area contributed by atoms with Crippen LogP contribution in [0.1, 0.15) is 28.5 Å². The van der Waals surface area contributed by atoms with Crippen molar-refractivity contribution < 1.29 is 4.79 Å². The molecule has 26 heavy (non-hydrogen) atoms. The number of benzene rings is 1. The summed E-state index contributed by atoms with van der Waals surface area (Å²) in [5.41, 5.74) is 2.78. The Morgan fingerprint density at radius 3 is 2.62 bits per heavy atom. The van der Waals surface area contributed by atoms with E-state index in [1.54, 1.807) is 10.9 Å². The summed E-state index contributed by atoms with van der Waals surface area (Å²) in [6.45, 7) is 6.41. The third-order valence-corrected chi connectivity index (χ3v) is 3.65. The lowest BCUT2D eigenvalue weighted by Crippen LogP contribution is -2.41. The van der Waals surface area contributed by atoms with E-state index in [0.717, 1.165) is 17.8 Å². The first-order valence-electron chi connectivity index (χ1n) is 8.44. The van der Waals surface area contributed by atoms with Gasteiger partial charge in [0.2, 0.25) is 0 Å². The van der Waals surface area contributed by atoms with Crippen LogP contribution in [0.15, 0.2) is 41.5 Å². The number of hydrogen-bond donors (Lipinski definition) is 3. The van der Waals surface area contributed by atoms with Crippen molar-refractivity contribution in [3.05, 3.63) is 53.3 Å².